The lowest BCUT2D eigenvalue weighted by Gasteiger charge is -2.31. The summed E-state index contributed by atoms with van der Waals surface area (Å²) in [5, 5.41) is 14.5. The fourth-order valence-corrected chi connectivity index (χ4v) is 2.73. The van der Waals surface area contributed by atoms with E-state index in [2.05, 4.69) is 37.5 Å². The van der Waals surface area contributed by atoms with Crippen LogP contribution in [0.3, 0.4) is 0 Å². The molecule has 2 aromatic heterocycles. The number of nitrogens with one attached hydrogen (secondary N) is 2. The quantitative estimate of drug-likeness (QED) is 0.870. The van der Waals surface area contributed by atoms with Crippen molar-refractivity contribution in [3.8, 4) is 11.4 Å². The SMILES string of the molecule is CCNCC1CCN(c2n[nH]c(-c3cnoc3C)n2)CC1. The summed E-state index contributed by atoms with van der Waals surface area (Å²) in [4.78, 5) is 6.81. The van der Waals surface area contributed by atoms with Crippen molar-refractivity contribution in [1.82, 2.24) is 25.7 Å². The first-order valence-electron chi connectivity index (χ1n) is 7.57. The predicted octanol–water partition coefficient (Wildman–Crippen LogP) is 1.59. The van der Waals surface area contributed by atoms with Crippen LogP contribution in [0.25, 0.3) is 11.4 Å². The van der Waals surface area contributed by atoms with E-state index in [4.69, 9.17) is 4.52 Å². The van der Waals surface area contributed by atoms with Crippen molar-refractivity contribution in [2.75, 3.05) is 31.1 Å². The standard InChI is InChI=1S/C14H22N6O/c1-3-15-8-11-4-6-20(7-5-11)14-17-13(18-19-14)12-9-16-21-10(12)2/h9,11,15H,3-8H2,1-2H3,(H,17,18,19). The highest BCUT2D eigenvalue weighted by molar-refractivity contribution is 5.57. The Kier molecular flexibility index (Phi) is 4.19. The van der Waals surface area contributed by atoms with Crippen molar-refractivity contribution >= 4 is 5.95 Å². The molecule has 0 atom stereocenters. The normalized spacial score (nSPS) is 16.6. The van der Waals surface area contributed by atoms with Crippen LogP contribution in [0.4, 0.5) is 5.95 Å². The van der Waals surface area contributed by atoms with Crippen molar-refractivity contribution in [3.05, 3.63) is 12.0 Å². The van der Waals surface area contributed by atoms with Crippen LogP contribution in [0, 0.1) is 12.8 Å². The van der Waals surface area contributed by atoms with Crippen LogP contribution in [-0.4, -0.2) is 46.5 Å². The van der Waals surface area contributed by atoms with Gasteiger partial charge in [-0.3, -0.25) is 5.10 Å². The fourth-order valence-electron chi connectivity index (χ4n) is 2.73. The van der Waals surface area contributed by atoms with E-state index < -0.39 is 0 Å². The number of hydrogen-bond donors (Lipinski definition) is 2. The van der Waals surface area contributed by atoms with Gasteiger partial charge in [-0.2, -0.15) is 4.98 Å². The summed E-state index contributed by atoms with van der Waals surface area (Å²) in [6.45, 7) is 8.20. The maximum atomic E-state index is 5.07. The average molecular weight is 290 g/mol. The van der Waals surface area contributed by atoms with Crippen LogP contribution in [0.15, 0.2) is 10.7 Å². The molecule has 1 aliphatic rings. The maximum absolute atomic E-state index is 5.07. The maximum Gasteiger partial charge on any atom is 0.245 e. The topological polar surface area (TPSA) is 82.9 Å². The lowest BCUT2D eigenvalue weighted by atomic mass is 9.97. The van der Waals surface area contributed by atoms with Gasteiger partial charge < -0.3 is 14.7 Å². The first kappa shape index (κ1) is 14.1. The second-order valence-corrected chi connectivity index (χ2v) is 5.52. The molecule has 21 heavy (non-hydrogen) atoms. The summed E-state index contributed by atoms with van der Waals surface area (Å²) in [6, 6.07) is 0. The summed E-state index contributed by atoms with van der Waals surface area (Å²) in [6.07, 6.45) is 4.04. The number of hydrogen-bond acceptors (Lipinski definition) is 6. The Bertz CT molecular complexity index is 570. The van der Waals surface area contributed by atoms with Gasteiger partial charge in [0.2, 0.25) is 5.95 Å². The minimum absolute atomic E-state index is 0.721. The van der Waals surface area contributed by atoms with Gasteiger partial charge in [0.1, 0.15) is 5.76 Å². The fraction of sp³-hybridized carbons (Fsp3) is 0.643. The number of aromatic nitrogens is 4. The average Bonchev–Trinajstić information content (AvgIpc) is 3.14. The number of nitrogens with zero attached hydrogens (tertiary/aromatic N) is 4. The van der Waals surface area contributed by atoms with Crippen LogP contribution in [-0.2, 0) is 0 Å². The molecule has 3 rings (SSSR count). The second kappa shape index (κ2) is 6.26. The molecule has 3 heterocycles. The van der Waals surface area contributed by atoms with Crippen molar-refractivity contribution in [3.63, 3.8) is 0 Å². The van der Waals surface area contributed by atoms with Crippen LogP contribution in [0.2, 0.25) is 0 Å². The number of anilines is 1. The first-order chi connectivity index (χ1) is 10.3. The van der Waals surface area contributed by atoms with Gasteiger partial charge in [-0.05, 0) is 38.8 Å². The number of rotatable bonds is 5. The number of piperidine rings is 1. The molecular formula is C14H22N6O. The van der Waals surface area contributed by atoms with E-state index in [1.54, 1.807) is 6.20 Å². The molecule has 1 fully saturated rings. The predicted molar refractivity (Wildman–Crippen MR) is 80.1 cm³/mol. The molecule has 0 radical (unpaired) electrons. The van der Waals surface area contributed by atoms with Crippen LogP contribution in [0.1, 0.15) is 25.5 Å². The minimum atomic E-state index is 0.721. The Hall–Kier alpha value is -1.89. The van der Waals surface area contributed by atoms with Crippen molar-refractivity contribution in [2.24, 2.45) is 5.92 Å². The molecule has 0 unspecified atom stereocenters. The molecule has 0 aromatic carbocycles. The third kappa shape index (κ3) is 3.07. The van der Waals surface area contributed by atoms with Crippen molar-refractivity contribution in [1.29, 1.82) is 0 Å². The van der Waals surface area contributed by atoms with Gasteiger partial charge >= 0.3 is 0 Å². The van der Waals surface area contributed by atoms with E-state index in [1.165, 1.54) is 12.8 Å². The van der Waals surface area contributed by atoms with Crippen LogP contribution < -0.4 is 10.2 Å². The zero-order chi connectivity index (χ0) is 14.7. The highest BCUT2D eigenvalue weighted by atomic mass is 16.5. The van der Waals surface area contributed by atoms with Crippen molar-refractivity contribution < 1.29 is 4.52 Å². The number of aryl methyl sites for hydroxylation is 1. The van der Waals surface area contributed by atoms with Gasteiger partial charge in [-0.25, -0.2) is 0 Å². The molecule has 2 aromatic rings. The lowest BCUT2D eigenvalue weighted by Crippen LogP contribution is -2.37. The van der Waals surface area contributed by atoms with Crippen molar-refractivity contribution in [2.45, 2.75) is 26.7 Å². The second-order valence-electron chi connectivity index (χ2n) is 5.52. The monoisotopic (exact) mass is 290 g/mol. The summed E-state index contributed by atoms with van der Waals surface area (Å²) in [5.41, 5.74) is 0.871. The Morgan fingerprint density at radius 2 is 2.24 bits per heavy atom. The van der Waals surface area contributed by atoms with Gasteiger partial charge in [0, 0.05) is 13.1 Å². The Morgan fingerprint density at radius 3 is 2.90 bits per heavy atom. The summed E-state index contributed by atoms with van der Waals surface area (Å²) in [7, 11) is 0. The molecule has 0 saturated carbocycles. The molecule has 7 nitrogen and oxygen atoms in total. The Labute approximate surface area is 124 Å². The molecule has 2 N–H and O–H groups in total. The van der Waals surface area contributed by atoms with Gasteiger partial charge in [-0.15, -0.1) is 5.10 Å². The van der Waals surface area contributed by atoms with E-state index in [0.29, 0.717) is 0 Å². The van der Waals surface area contributed by atoms with E-state index >= 15 is 0 Å². The summed E-state index contributed by atoms with van der Waals surface area (Å²) < 4.78 is 5.07. The Balaban J connectivity index is 1.62. The molecular weight excluding hydrogens is 268 g/mol. The zero-order valence-electron chi connectivity index (χ0n) is 12.6. The zero-order valence-corrected chi connectivity index (χ0v) is 12.6. The largest absolute Gasteiger partial charge is 0.361 e. The molecule has 114 valence electrons. The van der Waals surface area contributed by atoms with Crippen LogP contribution >= 0.6 is 0 Å². The van der Waals surface area contributed by atoms with Gasteiger partial charge in [-0.1, -0.05) is 12.1 Å². The van der Waals surface area contributed by atoms with E-state index in [-0.39, 0.29) is 0 Å². The van der Waals surface area contributed by atoms with Gasteiger partial charge in [0.15, 0.2) is 5.82 Å². The van der Waals surface area contributed by atoms with Crippen LogP contribution in [0.5, 0.6) is 0 Å². The summed E-state index contributed by atoms with van der Waals surface area (Å²) >= 11 is 0. The molecule has 0 amide bonds. The molecule has 0 spiro atoms. The van der Waals surface area contributed by atoms with E-state index in [0.717, 1.165) is 55.2 Å². The number of aromatic amines is 1. The van der Waals surface area contributed by atoms with Gasteiger partial charge in [0.25, 0.3) is 0 Å². The minimum Gasteiger partial charge on any atom is -0.361 e. The molecule has 0 bridgehead atoms. The third-order valence-electron chi connectivity index (χ3n) is 4.06. The smallest absolute Gasteiger partial charge is 0.245 e. The Morgan fingerprint density at radius 1 is 1.43 bits per heavy atom. The highest BCUT2D eigenvalue weighted by Crippen LogP contribution is 2.24. The molecule has 1 aliphatic heterocycles. The molecule has 7 heteroatoms. The molecule has 1 saturated heterocycles. The van der Waals surface area contributed by atoms with E-state index in [1.807, 2.05) is 6.92 Å². The van der Waals surface area contributed by atoms with E-state index in [9.17, 15) is 0 Å². The lowest BCUT2D eigenvalue weighted by molar-refractivity contribution is 0.384. The highest BCUT2D eigenvalue weighted by Gasteiger charge is 2.22. The molecule has 0 aliphatic carbocycles. The first-order valence-corrected chi connectivity index (χ1v) is 7.57. The van der Waals surface area contributed by atoms with Gasteiger partial charge in [0.05, 0.1) is 11.8 Å². The summed E-state index contributed by atoms with van der Waals surface area (Å²) in [5.74, 6) is 3.01. The third-order valence-corrected chi connectivity index (χ3v) is 4.06. The number of H-pyrrole nitrogens is 1.